The first kappa shape index (κ1) is 64.2. The Morgan fingerprint density at radius 1 is 0.471 bits per heavy atom. The van der Waals surface area contributed by atoms with Gasteiger partial charge in [-0.1, -0.05) is 24.3 Å². The van der Waals surface area contributed by atoms with Crippen molar-refractivity contribution in [1.82, 2.24) is 0 Å². The third-order valence-corrected chi connectivity index (χ3v) is 9.22. The zero-order chi connectivity index (χ0) is 50.9. The average Bonchev–Trinajstić information content (AvgIpc) is 3.83. The molecule has 68 heavy (non-hydrogen) atoms. The lowest BCUT2D eigenvalue weighted by Crippen LogP contribution is -2.45. The monoisotopic (exact) mass is 985 g/mol. The van der Waals surface area contributed by atoms with Gasteiger partial charge in [-0.05, 0) is 55.4 Å². The van der Waals surface area contributed by atoms with Crippen molar-refractivity contribution < 1.29 is 96.2 Å². The van der Waals surface area contributed by atoms with Crippen LogP contribution in [0.2, 0.25) is 0 Å². The van der Waals surface area contributed by atoms with E-state index in [9.17, 15) is 10.2 Å². The van der Waals surface area contributed by atoms with E-state index in [1.54, 1.807) is 24.3 Å². The van der Waals surface area contributed by atoms with Crippen molar-refractivity contribution in [2.45, 2.75) is 127 Å². The summed E-state index contributed by atoms with van der Waals surface area (Å²) in [6.45, 7) is 36.0. The Bertz CT molecular complexity index is 1280. The highest BCUT2D eigenvalue weighted by molar-refractivity contribution is 4.74. The smallest absolute Gasteiger partial charge is 0.163 e. The Kier molecular flexibility index (Phi) is 34.1. The minimum Gasteiger partial charge on any atom is -0.394 e. The third kappa shape index (κ3) is 32.9. The first-order chi connectivity index (χ1) is 32.2. The van der Waals surface area contributed by atoms with Crippen LogP contribution in [0.4, 0.5) is 0 Å². The van der Waals surface area contributed by atoms with Gasteiger partial charge in [0.15, 0.2) is 23.1 Å². The predicted octanol–water partition coefficient (Wildman–Crippen LogP) is 2.87. The summed E-state index contributed by atoms with van der Waals surface area (Å²) in [6.07, 6.45) is 4.21. The first-order valence-electron chi connectivity index (χ1n) is 23.2. The summed E-state index contributed by atoms with van der Waals surface area (Å²) in [4.78, 5) is 0. The van der Waals surface area contributed by atoms with Crippen LogP contribution >= 0.6 is 0 Å². The maximum Gasteiger partial charge on any atom is 0.163 e. The summed E-state index contributed by atoms with van der Waals surface area (Å²) >= 11 is 0. The summed E-state index contributed by atoms with van der Waals surface area (Å²) in [7, 11) is 0. The molecule has 4 fully saturated rings. The summed E-state index contributed by atoms with van der Waals surface area (Å²) in [5.41, 5.74) is 0. The van der Waals surface area contributed by atoms with Gasteiger partial charge in [0.2, 0.25) is 0 Å². The minimum absolute atomic E-state index is 0.0636. The van der Waals surface area contributed by atoms with Gasteiger partial charge in [-0.15, -0.1) is 26.3 Å². The van der Waals surface area contributed by atoms with E-state index in [4.69, 9.17) is 86.0 Å². The molecule has 4 rings (SSSR count). The molecule has 4 heterocycles. The number of rotatable bonds is 30. The highest BCUT2D eigenvalue weighted by atomic mass is 16.8. The van der Waals surface area contributed by atoms with Crippen molar-refractivity contribution in [3.8, 4) is 0 Å². The number of hydrogen-bond acceptors (Lipinski definition) is 20. The molecule has 4 saturated heterocycles. The number of aliphatic hydroxyl groups excluding tert-OH is 4. The van der Waals surface area contributed by atoms with Crippen LogP contribution in [0.5, 0.6) is 0 Å². The van der Waals surface area contributed by atoms with Gasteiger partial charge < -0.3 is 96.2 Å². The molecule has 0 spiro atoms. The summed E-state index contributed by atoms with van der Waals surface area (Å²) < 4.78 is 86.3. The van der Waals surface area contributed by atoms with Crippen LogP contribution in [0.1, 0.15) is 55.4 Å². The van der Waals surface area contributed by atoms with E-state index in [-0.39, 0.29) is 76.3 Å². The highest BCUT2D eigenvalue weighted by Crippen LogP contribution is 2.24. The summed E-state index contributed by atoms with van der Waals surface area (Å²) in [6, 6.07) is 0. The normalized spacial score (nSPS) is 23.5. The fourth-order valence-corrected chi connectivity index (χ4v) is 5.84. The van der Waals surface area contributed by atoms with Gasteiger partial charge in [-0.25, -0.2) is 0 Å². The van der Waals surface area contributed by atoms with Gasteiger partial charge in [-0.2, -0.15) is 0 Å². The quantitative estimate of drug-likeness (QED) is 0.0599. The minimum atomic E-state index is -0.634. The molecule has 20 nitrogen and oxygen atoms in total. The Morgan fingerprint density at radius 2 is 0.838 bits per heavy atom. The predicted molar refractivity (Wildman–Crippen MR) is 251 cm³/mol. The van der Waals surface area contributed by atoms with E-state index in [0.717, 1.165) is 0 Å². The molecule has 400 valence electrons. The van der Waals surface area contributed by atoms with E-state index >= 15 is 0 Å². The molecule has 20 heteroatoms. The molecular weight excluding hydrogens is 897 g/mol. The molecule has 0 aromatic carbocycles. The SMILES string of the molecule is C=CCOCC(CO)OC1COC(C)(C)OC1.C=CCOCC(CO)OCC1COC(C)(C)O1.C=CCOCC(O)COC1COC(C)(C)OC1.C=CCOCC(O)COCC1COC(C)(C)O1. The molecule has 4 aliphatic heterocycles. The van der Waals surface area contributed by atoms with E-state index in [1.165, 1.54) is 0 Å². The molecule has 0 aromatic heterocycles. The lowest BCUT2D eigenvalue weighted by molar-refractivity contribution is -0.286. The second kappa shape index (κ2) is 36.1. The number of ether oxygens (including phenoxy) is 16. The summed E-state index contributed by atoms with van der Waals surface area (Å²) in [5.74, 6) is -2.15. The maximum atomic E-state index is 9.54. The number of aliphatic hydroxyl groups is 4. The molecule has 4 N–H and O–H groups in total. The van der Waals surface area contributed by atoms with Gasteiger partial charge >= 0.3 is 0 Å². The lowest BCUT2D eigenvalue weighted by atomic mass is 10.3. The van der Waals surface area contributed by atoms with Crippen molar-refractivity contribution in [3.63, 3.8) is 0 Å². The standard InChI is InChI=1S/4C12H22O5/c1-4-5-14-6-10(13)7-15-11-8-16-12(2,3)17-9-11;1-4-5-14-6-10(13)7-15-8-11-9-16-12(2,3)17-11;1-4-5-14-7-10(6-13)17-11-8-15-12(2,3)16-9-11;1-4-5-14-7-10(6-13)15-8-11-9-16-12(2,3)17-11/h4*4,10-11,13H,1,5-9H2,2-3H3. The van der Waals surface area contributed by atoms with Crippen LogP contribution in [-0.4, -0.2) is 225 Å². The first-order valence-corrected chi connectivity index (χ1v) is 23.2. The molecule has 6 unspecified atom stereocenters. The summed E-state index contributed by atoms with van der Waals surface area (Å²) in [5, 5.41) is 37.3. The average molecular weight is 985 g/mol. The number of hydrogen-bond donors (Lipinski definition) is 4. The zero-order valence-corrected chi connectivity index (χ0v) is 42.2. The Morgan fingerprint density at radius 3 is 1.25 bits per heavy atom. The second-order valence-electron chi connectivity index (χ2n) is 17.8. The van der Waals surface area contributed by atoms with Gasteiger partial charge in [0.05, 0.1) is 132 Å². The van der Waals surface area contributed by atoms with E-state index in [0.29, 0.717) is 92.5 Å². The van der Waals surface area contributed by atoms with Gasteiger partial charge in [0.1, 0.15) is 48.8 Å². The Hall–Kier alpha value is -1.84. The maximum absolute atomic E-state index is 9.54. The molecule has 0 bridgehead atoms. The van der Waals surface area contributed by atoms with Crippen LogP contribution in [0, 0.1) is 0 Å². The fourth-order valence-electron chi connectivity index (χ4n) is 5.84. The van der Waals surface area contributed by atoms with Crippen LogP contribution in [-0.2, 0) is 75.8 Å². The van der Waals surface area contributed by atoms with Gasteiger partial charge in [-0.3, -0.25) is 0 Å². The Labute approximate surface area is 405 Å². The van der Waals surface area contributed by atoms with Crippen molar-refractivity contribution in [3.05, 3.63) is 50.6 Å². The van der Waals surface area contributed by atoms with Crippen molar-refractivity contribution in [2.24, 2.45) is 0 Å². The zero-order valence-electron chi connectivity index (χ0n) is 42.2. The third-order valence-electron chi connectivity index (χ3n) is 9.22. The van der Waals surface area contributed by atoms with Crippen LogP contribution < -0.4 is 0 Å². The molecule has 0 amide bonds. The van der Waals surface area contributed by atoms with Crippen LogP contribution in [0.3, 0.4) is 0 Å². The van der Waals surface area contributed by atoms with E-state index in [1.807, 2.05) is 55.4 Å². The van der Waals surface area contributed by atoms with Crippen molar-refractivity contribution in [2.75, 3.05) is 132 Å². The highest BCUT2D eigenvalue weighted by Gasteiger charge is 2.35. The van der Waals surface area contributed by atoms with Gasteiger partial charge in [0.25, 0.3) is 0 Å². The topological polar surface area (TPSA) is 229 Å². The fraction of sp³-hybridized carbons (Fsp3) is 0.833. The van der Waals surface area contributed by atoms with E-state index in [2.05, 4.69) is 26.3 Å². The molecule has 0 radical (unpaired) electrons. The van der Waals surface area contributed by atoms with Crippen molar-refractivity contribution in [1.29, 1.82) is 0 Å². The molecular formula is C48H88O20. The van der Waals surface area contributed by atoms with E-state index < -0.39 is 35.4 Å². The second-order valence-corrected chi connectivity index (χ2v) is 17.8. The molecule has 0 saturated carbocycles. The molecule has 6 atom stereocenters. The molecule has 4 aliphatic rings. The largest absolute Gasteiger partial charge is 0.394 e. The Balaban J connectivity index is 0.000000453. The van der Waals surface area contributed by atoms with Crippen LogP contribution in [0.25, 0.3) is 0 Å². The lowest BCUT2D eigenvalue weighted by Gasteiger charge is -2.36. The molecule has 0 aromatic rings. The van der Waals surface area contributed by atoms with Crippen molar-refractivity contribution >= 4 is 0 Å². The van der Waals surface area contributed by atoms with Crippen LogP contribution in [0.15, 0.2) is 50.6 Å². The van der Waals surface area contributed by atoms with Gasteiger partial charge in [0, 0.05) is 0 Å². The molecule has 0 aliphatic carbocycles.